The molecule has 0 aliphatic rings. The molecule has 142 valence electrons. The molecule has 0 radical (unpaired) electrons. The van der Waals surface area contributed by atoms with Crippen LogP contribution in [0.4, 0.5) is 0 Å². The summed E-state index contributed by atoms with van der Waals surface area (Å²) < 4.78 is 9.63. The van der Waals surface area contributed by atoms with Gasteiger partial charge in [-0.15, -0.1) is 0 Å². The van der Waals surface area contributed by atoms with Gasteiger partial charge < -0.3 is 19.9 Å². The maximum absolute atomic E-state index is 12.2. The van der Waals surface area contributed by atoms with Gasteiger partial charge in [-0.1, -0.05) is 30.3 Å². The summed E-state index contributed by atoms with van der Waals surface area (Å²) >= 11 is 0. The van der Waals surface area contributed by atoms with Crippen LogP contribution in [0.2, 0.25) is 0 Å². The molecule has 8 nitrogen and oxygen atoms in total. The van der Waals surface area contributed by atoms with Gasteiger partial charge >= 0.3 is 17.9 Å². The first-order chi connectivity index (χ1) is 12.4. The summed E-state index contributed by atoms with van der Waals surface area (Å²) in [5.41, 5.74) is 0.687. The summed E-state index contributed by atoms with van der Waals surface area (Å²) in [6, 6.07) is 7.12. The molecule has 0 aliphatic carbocycles. The summed E-state index contributed by atoms with van der Waals surface area (Å²) in [5.74, 6) is -5.02. The first kappa shape index (κ1) is 21.1. The van der Waals surface area contributed by atoms with E-state index >= 15 is 0 Å². The molecule has 2 N–H and O–H groups in total. The zero-order valence-electron chi connectivity index (χ0n) is 14.8. The number of ether oxygens (including phenoxy) is 2. The van der Waals surface area contributed by atoms with Crippen LogP contribution in [0.5, 0.6) is 0 Å². The third-order valence-electron chi connectivity index (χ3n) is 3.47. The highest BCUT2D eigenvalue weighted by molar-refractivity contribution is 5.91. The number of aliphatic carboxylic acids is 1. The van der Waals surface area contributed by atoms with Crippen LogP contribution in [0.1, 0.15) is 25.8 Å². The first-order valence-electron chi connectivity index (χ1n) is 8.27. The average Bonchev–Trinajstić information content (AvgIpc) is 2.59. The zero-order valence-corrected chi connectivity index (χ0v) is 14.8. The second-order valence-corrected chi connectivity index (χ2v) is 5.41. The molecule has 0 aliphatic heterocycles. The molecule has 0 fully saturated rings. The second-order valence-electron chi connectivity index (χ2n) is 5.41. The molecule has 0 unspecified atom stereocenters. The van der Waals surface area contributed by atoms with E-state index in [0.717, 1.165) is 0 Å². The van der Waals surface area contributed by atoms with Crippen LogP contribution in [-0.2, 0) is 35.1 Å². The van der Waals surface area contributed by atoms with Crippen LogP contribution < -0.4 is 5.32 Å². The third-order valence-corrected chi connectivity index (χ3v) is 3.47. The number of hydrogen-bond donors (Lipinski definition) is 2. The molecule has 0 saturated heterocycles. The Morgan fingerprint density at radius 3 is 2.19 bits per heavy atom. The summed E-state index contributed by atoms with van der Waals surface area (Å²) in [4.78, 5) is 47.6. The lowest BCUT2D eigenvalue weighted by Crippen LogP contribution is -2.50. The Balaban J connectivity index is 2.91. The number of carboxylic acids is 1. The SMILES string of the molecule is CCOC(=O)C[C@@H](C(=O)OCC)[C@@H](NC(=O)Cc1ccccc1)C(=O)O. The number of rotatable bonds is 10. The van der Waals surface area contributed by atoms with Crippen molar-refractivity contribution in [2.24, 2.45) is 5.92 Å². The van der Waals surface area contributed by atoms with Crippen molar-refractivity contribution in [3.8, 4) is 0 Å². The number of esters is 2. The molecule has 0 saturated carbocycles. The molecule has 1 aromatic carbocycles. The Bertz CT molecular complexity index is 630. The summed E-state index contributed by atoms with van der Waals surface area (Å²) in [7, 11) is 0. The van der Waals surface area contributed by atoms with Crippen molar-refractivity contribution in [1.29, 1.82) is 0 Å². The second kappa shape index (κ2) is 10.9. The minimum atomic E-state index is -1.60. The lowest BCUT2D eigenvalue weighted by molar-refractivity contribution is -0.160. The highest BCUT2D eigenvalue weighted by Gasteiger charge is 2.38. The molecular weight excluding hydrogens is 342 g/mol. The predicted octanol–water partition coefficient (Wildman–Crippen LogP) is 0.931. The van der Waals surface area contributed by atoms with E-state index in [1.165, 1.54) is 0 Å². The van der Waals surface area contributed by atoms with Crippen molar-refractivity contribution < 1.29 is 33.8 Å². The largest absolute Gasteiger partial charge is 0.480 e. The number of nitrogens with one attached hydrogen (secondary N) is 1. The summed E-state index contributed by atoms with van der Waals surface area (Å²) in [6.07, 6.45) is -0.561. The highest BCUT2D eigenvalue weighted by Crippen LogP contribution is 2.14. The topological polar surface area (TPSA) is 119 Å². The molecular formula is C18H23NO7. The van der Waals surface area contributed by atoms with Crippen molar-refractivity contribution >= 4 is 23.8 Å². The van der Waals surface area contributed by atoms with Gasteiger partial charge in [-0.05, 0) is 19.4 Å². The van der Waals surface area contributed by atoms with Gasteiger partial charge in [0.15, 0.2) is 0 Å². The normalized spacial score (nSPS) is 12.5. The predicted molar refractivity (Wildman–Crippen MR) is 91.1 cm³/mol. The van der Waals surface area contributed by atoms with Crippen LogP contribution in [-0.4, -0.2) is 48.2 Å². The smallest absolute Gasteiger partial charge is 0.327 e. The number of carbonyl (C=O) groups is 4. The molecule has 8 heteroatoms. The zero-order chi connectivity index (χ0) is 19.5. The van der Waals surface area contributed by atoms with Gasteiger partial charge in [0.2, 0.25) is 5.91 Å². The Morgan fingerprint density at radius 1 is 1.04 bits per heavy atom. The van der Waals surface area contributed by atoms with Crippen LogP contribution >= 0.6 is 0 Å². The average molecular weight is 365 g/mol. The maximum atomic E-state index is 12.2. The molecule has 1 amide bonds. The van der Waals surface area contributed by atoms with Crippen molar-refractivity contribution in [3.05, 3.63) is 35.9 Å². The van der Waals surface area contributed by atoms with E-state index in [4.69, 9.17) is 9.47 Å². The van der Waals surface area contributed by atoms with Gasteiger partial charge in [0.05, 0.1) is 32.0 Å². The molecule has 1 rings (SSSR count). The fourth-order valence-corrected chi connectivity index (χ4v) is 2.33. The number of benzene rings is 1. The molecule has 1 aromatic rings. The van der Waals surface area contributed by atoms with Gasteiger partial charge in [0.25, 0.3) is 0 Å². The molecule has 0 spiro atoms. The van der Waals surface area contributed by atoms with Crippen LogP contribution in [0.25, 0.3) is 0 Å². The van der Waals surface area contributed by atoms with Crippen LogP contribution in [0, 0.1) is 5.92 Å². The molecule has 0 bridgehead atoms. The van der Waals surface area contributed by atoms with Gasteiger partial charge in [-0.3, -0.25) is 14.4 Å². The monoisotopic (exact) mass is 365 g/mol. The molecule has 0 aromatic heterocycles. The Labute approximate surface area is 151 Å². The number of carbonyl (C=O) groups excluding carboxylic acids is 3. The van der Waals surface area contributed by atoms with Crippen molar-refractivity contribution in [2.75, 3.05) is 13.2 Å². The Kier molecular flexibility index (Phi) is 8.83. The van der Waals surface area contributed by atoms with E-state index in [9.17, 15) is 24.3 Å². The third kappa shape index (κ3) is 6.92. The molecule has 26 heavy (non-hydrogen) atoms. The fourth-order valence-electron chi connectivity index (χ4n) is 2.33. The van der Waals surface area contributed by atoms with Gasteiger partial charge in [0.1, 0.15) is 6.04 Å². The van der Waals surface area contributed by atoms with Gasteiger partial charge in [-0.25, -0.2) is 4.79 Å². The first-order valence-corrected chi connectivity index (χ1v) is 8.27. The standard InChI is InChI=1S/C18H23NO7/c1-3-25-15(21)11-13(18(24)26-4-2)16(17(22)23)19-14(20)10-12-8-6-5-7-9-12/h5-9,13,16H,3-4,10-11H2,1-2H3,(H,19,20)(H,22,23)/t13-,16-/m1/s1. The summed E-state index contributed by atoms with van der Waals surface area (Å²) in [6.45, 7) is 3.26. The maximum Gasteiger partial charge on any atom is 0.327 e. The van der Waals surface area contributed by atoms with Crippen LogP contribution in [0.15, 0.2) is 30.3 Å². The minimum absolute atomic E-state index is 0.0163. The number of carboxylic acid groups (broad SMARTS) is 1. The van der Waals surface area contributed by atoms with Gasteiger partial charge in [-0.2, -0.15) is 0 Å². The van der Waals surface area contributed by atoms with E-state index in [0.29, 0.717) is 5.56 Å². The molecule has 0 heterocycles. The van der Waals surface area contributed by atoms with Crippen molar-refractivity contribution in [2.45, 2.75) is 32.7 Å². The molecule has 2 atom stereocenters. The van der Waals surface area contributed by atoms with E-state index in [1.54, 1.807) is 44.2 Å². The van der Waals surface area contributed by atoms with Gasteiger partial charge in [0, 0.05) is 0 Å². The van der Waals surface area contributed by atoms with E-state index < -0.39 is 42.2 Å². The lowest BCUT2D eigenvalue weighted by atomic mass is 9.95. The van der Waals surface area contributed by atoms with E-state index in [1.807, 2.05) is 0 Å². The van der Waals surface area contributed by atoms with E-state index in [2.05, 4.69) is 5.32 Å². The minimum Gasteiger partial charge on any atom is -0.480 e. The Morgan fingerprint density at radius 2 is 1.65 bits per heavy atom. The van der Waals surface area contributed by atoms with Crippen molar-refractivity contribution in [1.82, 2.24) is 5.32 Å². The lowest BCUT2D eigenvalue weighted by Gasteiger charge is -2.22. The van der Waals surface area contributed by atoms with Crippen molar-refractivity contribution in [3.63, 3.8) is 0 Å². The quantitative estimate of drug-likeness (QED) is 0.592. The summed E-state index contributed by atoms with van der Waals surface area (Å²) in [5, 5.41) is 11.7. The van der Waals surface area contributed by atoms with E-state index in [-0.39, 0.29) is 19.6 Å². The highest BCUT2D eigenvalue weighted by atomic mass is 16.5. The number of hydrogen-bond acceptors (Lipinski definition) is 6. The Hall–Kier alpha value is -2.90. The number of amides is 1. The van der Waals surface area contributed by atoms with Crippen LogP contribution in [0.3, 0.4) is 0 Å². The fraction of sp³-hybridized carbons (Fsp3) is 0.444.